The number of nitrogen functional groups attached to an aromatic ring is 1. The minimum atomic E-state index is 0.894. The first kappa shape index (κ1) is 9.59. The molecule has 0 aliphatic heterocycles. The van der Waals surface area contributed by atoms with E-state index in [-0.39, 0.29) is 0 Å². The molecule has 5 nitrogen and oxygen atoms in total. The Bertz CT molecular complexity index is 543. The first-order valence-corrected chi connectivity index (χ1v) is 5.70. The maximum absolute atomic E-state index is 5.60. The standard InChI is InChI=1S/C11H15N5/c1-2-7-6-10-13-9-5-3-4-8(9)11(14-12)16(10)15-7/h6,14H,2-5,12H2,1H3. The molecule has 16 heavy (non-hydrogen) atoms. The van der Waals surface area contributed by atoms with Crippen LogP contribution in [0.25, 0.3) is 5.65 Å². The monoisotopic (exact) mass is 217 g/mol. The van der Waals surface area contributed by atoms with E-state index in [0.717, 1.165) is 42.8 Å². The topological polar surface area (TPSA) is 68.2 Å². The van der Waals surface area contributed by atoms with Gasteiger partial charge in [-0.1, -0.05) is 6.92 Å². The number of nitrogens with two attached hydrogens (primary N) is 1. The summed E-state index contributed by atoms with van der Waals surface area (Å²) in [6.07, 6.45) is 4.16. The summed E-state index contributed by atoms with van der Waals surface area (Å²) in [6, 6.07) is 2.03. The minimum absolute atomic E-state index is 0.894. The van der Waals surface area contributed by atoms with Gasteiger partial charge in [-0.15, -0.1) is 0 Å². The highest BCUT2D eigenvalue weighted by molar-refractivity contribution is 5.56. The van der Waals surface area contributed by atoms with Crippen molar-refractivity contribution in [3.05, 3.63) is 23.0 Å². The summed E-state index contributed by atoms with van der Waals surface area (Å²) in [7, 11) is 0. The second-order valence-corrected chi connectivity index (χ2v) is 4.14. The van der Waals surface area contributed by atoms with Crippen LogP contribution >= 0.6 is 0 Å². The molecule has 2 heterocycles. The van der Waals surface area contributed by atoms with Crippen LogP contribution < -0.4 is 11.3 Å². The number of aromatic nitrogens is 3. The van der Waals surface area contributed by atoms with Crippen LogP contribution in [-0.2, 0) is 19.3 Å². The van der Waals surface area contributed by atoms with Crippen LogP contribution in [0.15, 0.2) is 6.07 Å². The summed E-state index contributed by atoms with van der Waals surface area (Å²) in [6.45, 7) is 2.09. The van der Waals surface area contributed by atoms with Gasteiger partial charge in [0.2, 0.25) is 0 Å². The van der Waals surface area contributed by atoms with Crippen molar-refractivity contribution in [2.24, 2.45) is 5.84 Å². The molecule has 0 spiro atoms. The molecule has 0 radical (unpaired) electrons. The fourth-order valence-electron chi connectivity index (χ4n) is 2.36. The third-order valence-electron chi connectivity index (χ3n) is 3.18. The Morgan fingerprint density at radius 3 is 3.12 bits per heavy atom. The fraction of sp³-hybridized carbons (Fsp3) is 0.455. The van der Waals surface area contributed by atoms with Crippen molar-refractivity contribution in [3.8, 4) is 0 Å². The van der Waals surface area contributed by atoms with Crippen LogP contribution in [0.2, 0.25) is 0 Å². The maximum atomic E-state index is 5.60. The number of rotatable bonds is 2. The summed E-state index contributed by atoms with van der Waals surface area (Å²) in [4.78, 5) is 4.64. The molecule has 0 bridgehead atoms. The van der Waals surface area contributed by atoms with Crippen molar-refractivity contribution in [1.82, 2.24) is 14.6 Å². The van der Waals surface area contributed by atoms with Gasteiger partial charge in [-0.2, -0.15) is 9.61 Å². The van der Waals surface area contributed by atoms with Gasteiger partial charge in [0.05, 0.1) is 5.69 Å². The summed E-state index contributed by atoms with van der Waals surface area (Å²) in [5, 5.41) is 4.49. The fourth-order valence-corrected chi connectivity index (χ4v) is 2.36. The molecule has 3 rings (SSSR count). The van der Waals surface area contributed by atoms with Crippen molar-refractivity contribution in [3.63, 3.8) is 0 Å². The lowest BCUT2D eigenvalue weighted by Crippen LogP contribution is -2.15. The number of nitrogens with one attached hydrogen (secondary N) is 1. The number of nitrogens with zero attached hydrogens (tertiary/aromatic N) is 3. The van der Waals surface area contributed by atoms with Gasteiger partial charge < -0.3 is 5.43 Å². The molecular weight excluding hydrogens is 202 g/mol. The van der Waals surface area contributed by atoms with E-state index in [1.54, 1.807) is 0 Å². The molecule has 0 saturated carbocycles. The molecule has 5 heteroatoms. The van der Waals surface area contributed by atoms with Crippen LogP contribution in [0.1, 0.15) is 30.3 Å². The van der Waals surface area contributed by atoms with Gasteiger partial charge in [0.1, 0.15) is 5.82 Å². The van der Waals surface area contributed by atoms with E-state index in [2.05, 4.69) is 22.4 Å². The lowest BCUT2D eigenvalue weighted by molar-refractivity contribution is 0.873. The average molecular weight is 217 g/mol. The second-order valence-electron chi connectivity index (χ2n) is 4.14. The van der Waals surface area contributed by atoms with Crippen molar-refractivity contribution >= 4 is 11.5 Å². The first-order valence-electron chi connectivity index (χ1n) is 5.70. The molecule has 0 saturated heterocycles. The Kier molecular flexibility index (Phi) is 2.07. The van der Waals surface area contributed by atoms with Gasteiger partial charge in [0.15, 0.2) is 5.65 Å². The molecule has 84 valence electrons. The van der Waals surface area contributed by atoms with Gasteiger partial charge in [0, 0.05) is 17.3 Å². The summed E-state index contributed by atoms with van der Waals surface area (Å²) >= 11 is 0. The molecule has 2 aromatic heterocycles. The van der Waals surface area contributed by atoms with E-state index in [1.165, 1.54) is 11.3 Å². The van der Waals surface area contributed by atoms with Crippen molar-refractivity contribution < 1.29 is 0 Å². The molecule has 3 N–H and O–H groups in total. The molecule has 2 aromatic rings. The van der Waals surface area contributed by atoms with Crippen LogP contribution in [0, 0.1) is 0 Å². The molecule has 0 aromatic carbocycles. The van der Waals surface area contributed by atoms with Gasteiger partial charge >= 0.3 is 0 Å². The quantitative estimate of drug-likeness (QED) is 0.583. The van der Waals surface area contributed by atoms with Crippen molar-refractivity contribution in [1.29, 1.82) is 0 Å². The Hall–Kier alpha value is -1.62. The highest BCUT2D eigenvalue weighted by Crippen LogP contribution is 2.28. The minimum Gasteiger partial charge on any atom is -0.308 e. The van der Waals surface area contributed by atoms with E-state index in [9.17, 15) is 0 Å². The molecule has 1 aliphatic rings. The number of aryl methyl sites for hydroxylation is 2. The second kappa shape index (κ2) is 3.45. The number of hydrazine groups is 1. The van der Waals surface area contributed by atoms with Crippen LogP contribution in [0.4, 0.5) is 5.82 Å². The largest absolute Gasteiger partial charge is 0.308 e. The zero-order valence-electron chi connectivity index (χ0n) is 9.32. The lowest BCUT2D eigenvalue weighted by Gasteiger charge is -2.08. The van der Waals surface area contributed by atoms with E-state index < -0.39 is 0 Å². The average Bonchev–Trinajstić information content (AvgIpc) is 2.90. The molecule has 1 aliphatic carbocycles. The maximum Gasteiger partial charge on any atom is 0.157 e. The molecule has 0 unspecified atom stereocenters. The highest BCUT2D eigenvalue weighted by Gasteiger charge is 2.20. The predicted octanol–water partition coefficient (Wildman–Crippen LogP) is 1.07. The van der Waals surface area contributed by atoms with Crippen molar-refractivity contribution in [2.45, 2.75) is 32.6 Å². The summed E-state index contributed by atoms with van der Waals surface area (Å²) < 4.78 is 1.82. The molecular formula is C11H15N5. The first-order chi connectivity index (χ1) is 7.83. The lowest BCUT2D eigenvalue weighted by atomic mass is 10.2. The Morgan fingerprint density at radius 2 is 2.38 bits per heavy atom. The summed E-state index contributed by atoms with van der Waals surface area (Å²) in [5.41, 5.74) is 7.10. The van der Waals surface area contributed by atoms with Gasteiger partial charge in [-0.3, -0.25) is 0 Å². The number of fused-ring (bicyclic) bond motifs is 2. The van der Waals surface area contributed by atoms with Crippen LogP contribution in [-0.4, -0.2) is 14.6 Å². The van der Waals surface area contributed by atoms with Crippen LogP contribution in [0.5, 0.6) is 0 Å². The Labute approximate surface area is 93.6 Å². The van der Waals surface area contributed by atoms with Gasteiger partial charge in [-0.05, 0) is 25.7 Å². The van der Waals surface area contributed by atoms with Crippen molar-refractivity contribution in [2.75, 3.05) is 5.43 Å². The van der Waals surface area contributed by atoms with Gasteiger partial charge in [0.25, 0.3) is 0 Å². The third kappa shape index (κ3) is 1.21. The smallest absolute Gasteiger partial charge is 0.157 e. The zero-order valence-corrected chi connectivity index (χ0v) is 9.32. The number of anilines is 1. The normalized spacial score (nSPS) is 14.4. The zero-order chi connectivity index (χ0) is 11.1. The van der Waals surface area contributed by atoms with E-state index in [0.29, 0.717) is 0 Å². The van der Waals surface area contributed by atoms with Gasteiger partial charge in [-0.25, -0.2) is 10.8 Å². The molecule has 0 fully saturated rings. The summed E-state index contributed by atoms with van der Waals surface area (Å²) in [5.74, 6) is 6.50. The Balaban J connectivity index is 2.32. The van der Waals surface area contributed by atoms with Crippen LogP contribution in [0.3, 0.4) is 0 Å². The SMILES string of the molecule is CCc1cc2nc3c(c(NN)n2n1)CCC3. The predicted molar refractivity (Wildman–Crippen MR) is 62.2 cm³/mol. The van der Waals surface area contributed by atoms with E-state index in [1.807, 2.05) is 10.6 Å². The van der Waals surface area contributed by atoms with E-state index in [4.69, 9.17) is 5.84 Å². The molecule has 0 amide bonds. The highest BCUT2D eigenvalue weighted by atomic mass is 15.4. The molecule has 0 atom stereocenters. The number of hydrogen-bond acceptors (Lipinski definition) is 4. The Morgan fingerprint density at radius 1 is 1.50 bits per heavy atom. The van der Waals surface area contributed by atoms with E-state index >= 15 is 0 Å². The third-order valence-corrected chi connectivity index (χ3v) is 3.18. The number of hydrogen-bond donors (Lipinski definition) is 2.